The normalized spacial score (nSPS) is 12.0. The third kappa shape index (κ3) is 2.18. The van der Waals surface area contributed by atoms with Crippen molar-refractivity contribution >= 4 is 5.65 Å². The van der Waals surface area contributed by atoms with Gasteiger partial charge in [-0.3, -0.25) is 4.98 Å². The van der Waals surface area contributed by atoms with Crippen LogP contribution in [0.1, 0.15) is 25.2 Å². The highest BCUT2D eigenvalue weighted by atomic mass is 16.3. The second kappa shape index (κ2) is 4.42. The molecule has 0 aromatic carbocycles. The van der Waals surface area contributed by atoms with Crippen molar-refractivity contribution in [2.75, 3.05) is 0 Å². The molecule has 0 aliphatic rings. The molecule has 3 rings (SSSR count). The van der Waals surface area contributed by atoms with Gasteiger partial charge >= 0.3 is 0 Å². The maximum Gasteiger partial charge on any atom is 0.137 e. The zero-order chi connectivity index (χ0) is 14.3. The summed E-state index contributed by atoms with van der Waals surface area (Å²) in [6.07, 6.45) is 5.65. The summed E-state index contributed by atoms with van der Waals surface area (Å²) in [5.41, 5.74) is 3.87. The summed E-state index contributed by atoms with van der Waals surface area (Å²) in [6.45, 7) is 5.49. The Balaban J connectivity index is 2.02. The molecule has 4 heteroatoms. The molecule has 0 atom stereocenters. The van der Waals surface area contributed by atoms with Crippen LogP contribution < -0.4 is 0 Å². The minimum atomic E-state index is -0.914. The van der Waals surface area contributed by atoms with Crippen LogP contribution in [0.5, 0.6) is 0 Å². The van der Waals surface area contributed by atoms with E-state index in [9.17, 15) is 5.11 Å². The third-order valence-electron chi connectivity index (χ3n) is 3.42. The van der Waals surface area contributed by atoms with Crippen LogP contribution in [0.15, 0.2) is 42.9 Å². The number of aliphatic hydroxyl groups is 1. The van der Waals surface area contributed by atoms with E-state index < -0.39 is 5.60 Å². The summed E-state index contributed by atoms with van der Waals surface area (Å²) in [5, 5.41) is 9.92. The van der Waals surface area contributed by atoms with Gasteiger partial charge in [0.15, 0.2) is 0 Å². The summed E-state index contributed by atoms with van der Waals surface area (Å²) in [6, 6.07) is 7.91. The van der Waals surface area contributed by atoms with E-state index in [1.54, 1.807) is 20.0 Å². The molecule has 0 fully saturated rings. The van der Waals surface area contributed by atoms with Crippen LogP contribution in [0.3, 0.4) is 0 Å². The monoisotopic (exact) mass is 267 g/mol. The van der Waals surface area contributed by atoms with E-state index >= 15 is 0 Å². The molecule has 0 spiro atoms. The molecule has 3 aromatic rings. The van der Waals surface area contributed by atoms with E-state index in [0.717, 1.165) is 22.5 Å². The average molecular weight is 267 g/mol. The summed E-state index contributed by atoms with van der Waals surface area (Å²) in [4.78, 5) is 8.70. The Kier molecular flexibility index (Phi) is 2.83. The van der Waals surface area contributed by atoms with Gasteiger partial charge in [-0.15, -0.1) is 0 Å². The van der Waals surface area contributed by atoms with Crippen LogP contribution in [-0.4, -0.2) is 19.5 Å². The molecule has 3 aromatic heterocycles. The minimum absolute atomic E-state index is 0.666. The van der Waals surface area contributed by atoms with E-state index in [-0.39, 0.29) is 0 Å². The topological polar surface area (TPSA) is 50.4 Å². The predicted octanol–water partition coefficient (Wildman–Crippen LogP) is 2.93. The van der Waals surface area contributed by atoms with Crippen molar-refractivity contribution in [1.29, 1.82) is 0 Å². The molecule has 4 nitrogen and oxygen atoms in total. The smallest absolute Gasteiger partial charge is 0.137 e. The maximum atomic E-state index is 9.92. The molecule has 1 N–H and O–H groups in total. The van der Waals surface area contributed by atoms with Crippen LogP contribution >= 0.6 is 0 Å². The standard InChI is InChI=1S/C16H17N3O/c1-11-9-18-15-8-12(6-7-19(11)15)13-4-5-14(17-10-13)16(2,3)20/h4-10,20H,1-3H3. The molecule has 0 saturated carbocycles. The van der Waals surface area contributed by atoms with E-state index in [2.05, 4.69) is 9.97 Å². The largest absolute Gasteiger partial charge is 0.384 e. The van der Waals surface area contributed by atoms with E-state index in [1.807, 2.05) is 48.0 Å². The maximum absolute atomic E-state index is 9.92. The fourth-order valence-corrected chi connectivity index (χ4v) is 2.21. The van der Waals surface area contributed by atoms with Gasteiger partial charge in [0, 0.05) is 29.8 Å². The molecular weight excluding hydrogens is 250 g/mol. The second-order valence-corrected chi connectivity index (χ2v) is 5.53. The number of nitrogens with zero attached hydrogens (tertiary/aromatic N) is 3. The summed E-state index contributed by atoms with van der Waals surface area (Å²) < 4.78 is 2.04. The minimum Gasteiger partial charge on any atom is -0.384 e. The van der Waals surface area contributed by atoms with Gasteiger partial charge in [-0.25, -0.2) is 4.98 Å². The third-order valence-corrected chi connectivity index (χ3v) is 3.42. The number of fused-ring (bicyclic) bond motifs is 1. The van der Waals surface area contributed by atoms with Gasteiger partial charge < -0.3 is 9.51 Å². The molecular formula is C16H17N3O. The van der Waals surface area contributed by atoms with Gasteiger partial charge in [0.05, 0.1) is 5.69 Å². The van der Waals surface area contributed by atoms with E-state index in [0.29, 0.717) is 5.69 Å². The fourth-order valence-electron chi connectivity index (χ4n) is 2.21. The van der Waals surface area contributed by atoms with Gasteiger partial charge in [-0.1, -0.05) is 6.07 Å². The molecule has 0 radical (unpaired) electrons. The van der Waals surface area contributed by atoms with Gasteiger partial charge in [-0.05, 0) is 44.5 Å². The van der Waals surface area contributed by atoms with Crippen LogP contribution in [-0.2, 0) is 5.60 Å². The Morgan fingerprint density at radius 1 is 1.05 bits per heavy atom. The number of aryl methyl sites for hydroxylation is 1. The fraction of sp³-hybridized carbons (Fsp3) is 0.250. The van der Waals surface area contributed by atoms with Crippen molar-refractivity contribution in [3.8, 4) is 11.1 Å². The Hall–Kier alpha value is -2.20. The van der Waals surface area contributed by atoms with Crippen molar-refractivity contribution in [2.45, 2.75) is 26.4 Å². The Bertz CT molecular complexity index is 751. The molecule has 3 heterocycles. The number of rotatable bonds is 2. The van der Waals surface area contributed by atoms with Crippen LogP contribution in [0.2, 0.25) is 0 Å². The Labute approximate surface area is 117 Å². The van der Waals surface area contributed by atoms with Gasteiger partial charge in [-0.2, -0.15) is 0 Å². The summed E-state index contributed by atoms with van der Waals surface area (Å²) in [7, 11) is 0. The Morgan fingerprint density at radius 2 is 1.85 bits per heavy atom. The van der Waals surface area contributed by atoms with Crippen LogP contribution in [0.25, 0.3) is 16.8 Å². The molecule has 102 valence electrons. The lowest BCUT2D eigenvalue weighted by Crippen LogP contribution is -2.17. The van der Waals surface area contributed by atoms with E-state index in [4.69, 9.17) is 0 Å². The zero-order valence-electron chi connectivity index (χ0n) is 11.8. The summed E-state index contributed by atoms with van der Waals surface area (Å²) in [5.74, 6) is 0. The second-order valence-electron chi connectivity index (χ2n) is 5.53. The molecule has 20 heavy (non-hydrogen) atoms. The number of imidazole rings is 1. The first-order chi connectivity index (χ1) is 9.45. The molecule has 0 saturated heterocycles. The number of hydrogen-bond donors (Lipinski definition) is 1. The lowest BCUT2D eigenvalue weighted by Gasteiger charge is -2.16. The van der Waals surface area contributed by atoms with Crippen molar-refractivity contribution < 1.29 is 5.11 Å². The van der Waals surface area contributed by atoms with Crippen molar-refractivity contribution in [3.05, 3.63) is 54.2 Å². The molecule has 0 aliphatic heterocycles. The Morgan fingerprint density at radius 3 is 2.50 bits per heavy atom. The predicted molar refractivity (Wildman–Crippen MR) is 78.4 cm³/mol. The molecule has 0 bridgehead atoms. The van der Waals surface area contributed by atoms with Crippen molar-refractivity contribution in [3.63, 3.8) is 0 Å². The first-order valence-electron chi connectivity index (χ1n) is 6.58. The number of pyridine rings is 2. The highest BCUT2D eigenvalue weighted by Crippen LogP contribution is 2.23. The van der Waals surface area contributed by atoms with Crippen LogP contribution in [0.4, 0.5) is 0 Å². The SMILES string of the molecule is Cc1cnc2cc(-c3ccc(C(C)(C)O)nc3)ccn12. The average Bonchev–Trinajstić information content (AvgIpc) is 2.79. The van der Waals surface area contributed by atoms with Crippen molar-refractivity contribution in [1.82, 2.24) is 14.4 Å². The number of hydrogen-bond acceptors (Lipinski definition) is 3. The van der Waals surface area contributed by atoms with Gasteiger partial charge in [0.1, 0.15) is 11.2 Å². The highest BCUT2D eigenvalue weighted by molar-refractivity contribution is 5.66. The lowest BCUT2D eigenvalue weighted by atomic mass is 10.0. The van der Waals surface area contributed by atoms with E-state index in [1.165, 1.54) is 0 Å². The molecule has 0 aliphatic carbocycles. The first-order valence-corrected chi connectivity index (χ1v) is 6.58. The van der Waals surface area contributed by atoms with Crippen molar-refractivity contribution in [2.24, 2.45) is 0 Å². The summed E-state index contributed by atoms with van der Waals surface area (Å²) >= 11 is 0. The quantitative estimate of drug-likeness (QED) is 0.776. The van der Waals surface area contributed by atoms with Gasteiger partial charge in [0.2, 0.25) is 0 Å². The first kappa shape index (κ1) is 12.8. The molecule has 0 amide bonds. The highest BCUT2D eigenvalue weighted by Gasteiger charge is 2.17. The number of aromatic nitrogens is 3. The zero-order valence-corrected chi connectivity index (χ0v) is 11.8. The van der Waals surface area contributed by atoms with Gasteiger partial charge in [0.25, 0.3) is 0 Å². The van der Waals surface area contributed by atoms with Crippen LogP contribution in [0, 0.1) is 6.92 Å². The molecule has 0 unspecified atom stereocenters. The lowest BCUT2D eigenvalue weighted by molar-refractivity contribution is 0.0739.